The molecule has 0 spiro atoms. The summed E-state index contributed by atoms with van der Waals surface area (Å²) in [6.45, 7) is 4.36. The molecule has 34 heavy (non-hydrogen) atoms. The third-order valence-corrected chi connectivity index (χ3v) is 5.24. The van der Waals surface area contributed by atoms with Crippen molar-refractivity contribution in [1.29, 1.82) is 0 Å². The first-order chi connectivity index (χ1) is 16.4. The Morgan fingerprint density at radius 2 is 2.06 bits per heavy atom. The van der Waals surface area contributed by atoms with Crippen LogP contribution >= 0.6 is 0 Å². The van der Waals surface area contributed by atoms with Gasteiger partial charge in [0, 0.05) is 12.5 Å². The van der Waals surface area contributed by atoms with Crippen LogP contribution in [0, 0.1) is 10.7 Å². The zero-order chi connectivity index (χ0) is 24.5. The van der Waals surface area contributed by atoms with Crippen LogP contribution in [-0.4, -0.2) is 37.8 Å². The summed E-state index contributed by atoms with van der Waals surface area (Å²) in [6, 6.07) is 11.9. The van der Waals surface area contributed by atoms with Gasteiger partial charge in [-0.05, 0) is 53.1 Å². The van der Waals surface area contributed by atoms with Crippen molar-refractivity contribution in [3.63, 3.8) is 0 Å². The van der Waals surface area contributed by atoms with Crippen LogP contribution in [0.4, 0.5) is 14.9 Å². The van der Waals surface area contributed by atoms with Gasteiger partial charge in [-0.25, -0.2) is 9.18 Å². The maximum absolute atomic E-state index is 14.9. The zero-order valence-electron chi connectivity index (χ0n) is 19.0. The molecule has 3 rings (SSSR count). The molecule has 9 heteroatoms. The predicted octanol–water partition coefficient (Wildman–Crippen LogP) is 4.70. The number of nitrogens with one attached hydrogen (secondary N) is 1. The van der Waals surface area contributed by atoms with Gasteiger partial charge >= 0.3 is 6.09 Å². The molecule has 1 fully saturated rings. The summed E-state index contributed by atoms with van der Waals surface area (Å²) in [7, 11) is 0. The molecular formula is C25H26FN3O5. The highest BCUT2D eigenvalue weighted by molar-refractivity contribution is 5.90. The fourth-order valence-corrected chi connectivity index (χ4v) is 3.42. The lowest BCUT2D eigenvalue weighted by Crippen LogP contribution is -2.33. The van der Waals surface area contributed by atoms with Crippen molar-refractivity contribution in [1.82, 2.24) is 5.32 Å². The molecule has 178 valence electrons. The summed E-state index contributed by atoms with van der Waals surface area (Å²) in [6.07, 6.45) is 3.53. The molecule has 1 aliphatic rings. The number of hydrogen-bond acceptors (Lipinski definition) is 6. The second kappa shape index (κ2) is 11.9. The van der Waals surface area contributed by atoms with Gasteiger partial charge in [0.1, 0.15) is 11.9 Å². The highest BCUT2D eigenvalue weighted by Gasteiger charge is 2.32. The first kappa shape index (κ1) is 24.8. The van der Waals surface area contributed by atoms with Crippen molar-refractivity contribution in [2.45, 2.75) is 26.6 Å². The number of cyclic esters (lactones) is 1. The molecule has 1 aliphatic heterocycles. The highest BCUT2D eigenvalue weighted by Crippen LogP contribution is 2.29. The molecule has 1 atom stereocenters. The van der Waals surface area contributed by atoms with E-state index in [1.807, 2.05) is 25.1 Å². The SMILES string of the molecule is C/C=C(\C=C/N=O)COCc1ccc(-c2ccc(N3C[C@H](CNC(C)=O)OC3=O)cc2F)cc1. The Bertz CT molecular complexity index is 1100. The van der Waals surface area contributed by atoms with E-state index in [1.54, 1.807) is 30.3 Å². The first-order valence-electron chi connectivity index (χ1n) is 10.7. The Hall–Kier alpha value is -3.85. The number of halogens is 1. The van der Waals surface area contributed by atoms with Crippen LogP contribution in [-0.2, 0) is 20.9 Å². The second-order valence-corrected chi connectivity index (χ2v) is 7.69. The Morgan fingerprint density at radius 1 is 1.29 bits per heavy atom. The quantitative estimate of drug-likeness (QED) is 0.404. The average molecular weight is 467 g/mol. The van der Waals surface area contributed by atoms with Gasteiger partial charge < -0.3 is 14.8 Å². The monoisotopic (exact) mass is 467 g/mol. The molecule has 8 nitrogen and oxygen atoms in total. The Balaban J connectivity index is 1.61. The molecule has 0 radical (unpaired) electrons. The number of benzene rings is 2. The summed E-state index contributed by atoms with van der Waals surface area (Å²) in [5.74, 6) is -0.678. The molecule has 0 aromatic heterocycles. The van der Waals surface area contributed by atoms with Crippen LogP contribution in [0.2, 0.25) is 0 Å². The number of nitrogens with zero attached hydrogens (tertiary/aromatic N) is 2. The van der Waals surface area contributed by atoms with Gasteiger partial charge in [-0.3, -0.25) is 9.69 Å². The van der Waals surface area contributed by atoms with Gasteiger partial charge in [0.05, 0.1) is 38.2 Å². The molecule has 0 saturated carbocycles. The number of allylic oxidation sites excluding steroid dienone is 1. The molecular weight excluding hydrogens is 441 g/mol. The minimum absolute atomic E-state index is 0.205. The van der Waals surface area contributed by atoms with Crippen LogP contribution in [0.25, 0.3) is 11.1 Å². The van der Waals surface area contributed by atoms with Crippen molar-refractivity contribution < 1.29 is 23.5 Å². The van der Waals surface area contributed by atoms with E-state index in [2.05, 4.69) is 10.5 Å². The number of carbonyl (C=O) groups excluding carboxylic acids is 2. The molecule has 2 aromatic carbocycles. The van der Waals surface area contributed by atoms with Crippen molar-refractivity contribution in [2.75, 3.05) is 24.6 Å². The maximum atomic E-state index is 14.9. The van der Waals surface area contributed by atoms with Gasteiger partial charge in [-0.1, -0.05) is 30.3 Å². The fourth-order valence-electron chi connectivity index (χ4n) is 3.42. The summed E-state index contributed by atoms with van der Waals surface area (Å²) in [5.41, 5.74) is 3.23. The lowest BCUT2D eigenvalue weighted by atomic mass is 10.0. The van der Waals surface area contributed by atoms with Gasteiger partial charge in [-0.2, -0.15) is 0 Å². The molecule has 0 aliphatic carbocycles. The second-order valence-electron chi connectivity index (χ2n) is 7.69. The van der Waals surface area contributed by atoms with Gasteiger partial charge in [-0.15, -0.1) is 4.91 Å². The van der Waals surface area contributed by atoms with Crippen molar-refractivity contribution >= 4 is 17.7 Å². The van der Waals surface area contributed by atoms with E-state index in [1.165, 1.54) is 24.1 Å². The van der Waals surface area contributed by atoms with E-state index in [0.717, 1.165) is 11.1 Å². The molecule has 1 heterocycles. The minimum atomic E-state index is -0.578. The molecule has 2 aromatic rings. The smallest absolute Gasteiger partial charge is 0.414 e. The van der Waals surface area contributed by atoms with Crippen LogP contribution < -0.4 is 10.2 Å². The summed E-state index contributed by atoms with van der Waals surface area (Å²) >= 11 is 0. The number of rotatable bonds is 10. The molecule has 1 saturated heterocycles. The minimum Gasteiger partial charge on any atom is -0.442 e. The number of hydrogen-bond donors (Lipinski definition) is 1. The van der Waals surface area contributed by atoms with E-state index in [-0.39, 0.29) is 19.0 Å². The maximum Gasteiger partial charge on any atom is 0.414 e. The van der Waals surface area contributed by atoms with E-state index in [4.69, 9.17) is 9.47 Å². The average Bonchev–Trinajstić information content (AvgIpc) is 3.21. The standard InChI is InChI=1S/C25H26FN3O5/c1-3-18(10-11-28-32)15-33-16-19-4-6-20(7-5-19)23-9-8-21(12-24(23)26)29-14-22(34-25(29)31)13-27-17(2)30/h3-12,22H,13-16H2,1-2H3,(H,27,30)/b11-10-,18-3+/t22-/m0/s1. The molecule has 1 N–H and O–H groups in total. The number of nitroso groups, excluding NO2 is 1. The summed E-state index contributed by atoms with van der Waals surface area (Å²) < 4.78 is 25.8. The van der Waals surface area contributed by atoms with Gasteiger partial charge in [0.15, 0.2) is 0 Å². The van der Waals surface area contributed by atoms with Crippen LogP contribution in [0.1, 0.15) is 19.4 Å². The Kier molecular flexibility index (Phi) is 8.64. The van der Waals surface area contributed by atoms with Crippen LogP contribution in [0.5, 0.6) is 0 Å². The number of carbonyl (C=O) groups is 2. The Morgan fingerprint density at radius 3 is 2.71 bits per heavy atom. The van der Waals surface area contributed by atoms with Crippen molar-refractivity contribution in [2.24, 2.45) is 5.18 Å². The largest absolute Gasteiger partial charge is 0.442 e. The first-order valence-corrected chi connectivity index (χ1v) is 10.7. The number of amides is 2. The number of ether oxygens (including phenoxy) is 2. The molecule has 2 amide bonds. The molecule has 0 unspecified atom stereocenters. The highest BCUT2D eigenvalue weighted by atomic mass is 19.1. The third kappa shape index (κ3) is 6.58. The van der Waals surface area contributed by atoms with E-state index < -0.39 is 18.0 Å². The normalized spacial score (nSPS) is 16.1. The lowest BCUT2D eigenvalue weighted by molar-refractivity contribution is -0.119. The topological polar surface area (TPSA) is 97.3 Å². The van der Waals surface area contributed by atoms with Gasteiger partial charge in [0.2, 0.25) is 5.91 Å². The van der Waals surface area contributed by atoms with E-state index in [0.29, 0.717) is 30.0 Å². The molecule has 0 bridgehead atoms. The van der Waals surface area contributed by atoms with Gasteiger partial charge in [0.25, 0.3) is 0 Å². The number of anilines is 1. The Labute approximate surface area is 197 Å². The summed E-state index contributed by atoms with van der Waals surface area (Å²) in [5, 5.41) is 5.30. The third-order valence-electron chi connectivity index (χ3n) is 5.24. The van der Waals surface area contributed by atoms with Crippen molar-refractivity contribution in [3.8, 4) is 11.1 Å². The lowest BCUT2D eigenvalue weighted by Gasteiger charge is -2.15. The van der Waals surface area contributed by atoms with Crippen LogP contribution in [0.15, 0.2) is 71.6 Å². The van der Waals surface area contributed by atoms with E-state index >= 15 is 0 Å². The van der Waals surface area contributed by atoms with Crippen molar-refractivity contribution in [3.05, 3.63) is 82.7 Å². The van der Waals surface area contributed by atoms with Crippen LogP contribution in [0.3, 0.4) is 0 Å². The summed E-state index contributed by atoms with van der Waals surface area (Å²) in [4.78, 5) is 34.8. The predicted molar refractivity (Wildman–Crippen MR) is 126 cm³/mol. The fraction of sp³-hybridized carbons (Fsp3) is 0.280. The zero-order valence-corrected chi connectivity index (χ0v) is 19.0. The van der Waals surface area contributed by atoms with E-state index in [9.17, 15) is 18.9 Å².